The van der Waals surface area contributed by atoms with E-state index in [0.717, 1.165) is 24.9 Å². The van der Waals surface area contributed by atoms with Crippen LogP contribution in [-0.2, 0) is 16.0 Å². The van der Waals surface area contributed by atoms with E-state index in [-0.39, 0.29) is 17.6 Å². The van der Waals surface area contributed by atoms with Crippen molar-refractivity contribution in [2.24, 2.45) is 0 Å². The zero-order chi connectivity index (χ0) is 17.9. The molecule has 1 unspecified atom stereocenters. The number of benzene rings is 1. The summed E-state index contributed by atoms with van der Waals surface area (Å²) in [5.41, 5.74) is 1.46. The zero-order valence-electron chi connectivity index (χ0n) is 15.2. The number of carbonyl (C=O) groups excluding carboxylic acids is 1. The van der Waals surface area contributed by atoms with Gasteiger partial charge in [0.1, 0.15) is 0 Å². The standard InChI is InChI=1S/C20H27N3O2/c1-22(2)13-18-14-25-20(9-3-4-10-20)15-23(18)19(24)11-16-5-7-17(12-21)8-6-16/h5-8,18H,3-4,9-11,13-15H2,1-2H3. The maximum Gasteiger partial charge on any atom is 0.227 e. The molecule has 5 nitrogen and oxygen atoms in total. The van der Waals surface area contributed by atoms with E-state index < -0.39 is 0 Å². The third kappa shape index (κ3) is 4.20. The van der Waals surface area contributed by atoms with Gasteiger partial charge in [-0.05, 0) is 44.6 Å². The van der Waals surface area contributed by atoms with Crippen LogP contribution in [0.25, 0.3) is 0 Å². The number of nitriles is 1. The van der Waals surface area contributed by atoms with E-state index in [1.165, 1.54) is 12.8 Å². The molecule has 0 aromatic heterocycles. The Morgan fingerprint density at radius 2 is 2.00 bits per heavy atom. The molecule has 134 valence electrons. The summed E-state index contributed by atoms with van der Waals surface area (Å²) in [4.78, 5) is 17.2. The first-order valence-corrected chi connectivity index (χ1v) is 9.08. The van der Waals surface area contributed by atoms with Gasteiger partial charge in [0.15, 0.2) is 0 Å². The van der Waals surface area contributed by atoms with Gasteiger partial charge in [-0.15, -0.1) is 0 Å². The van der Waals surface area contributed by atoms with Crippen molar-refractivity contribution < 1.29 is 9.53 Å². The summed E-state index contributed by atoms with van der Waals surface area (Å²) >= 11 is 0. The van der Waals surface area contributed by atoms with E-state index in [0.29, 0.717) is 25.1 Å². The van der Waals surface area contributed by atoms with Gasteiger partial charge in [-0.25, -0.2) is 0 Å². The molecule has 1 aliphatic heterocycles. The monoisotopic (exact) mass is 341 g/mol. The van der Waals surface area contributed by atoms with Crippen molar-refractivity contribution >= 4 is 5.91 Å². The molecule has 0 bridgehead atoms. The number of amides is 1. The second-order valence-corrected chi connectivity index (χ2v) is 7.62. The smallest absolute Gasteiger partial charge is 0.227 e. The Morgan fingerprint density at radius 3 is 2.60 bits per heavy atom. The van der Waals surface area contributed by atoms with Crippen LogP contribution in [0.4, 0.5) is 0 Å². The van der Waals surface area contributed by atoms with Gasteiger partial charge in [-0.3, -0.25) is 4.79 Å². The number of carbonyl (C=O) groups is 1. The molecule has 0 N–H and O–H groups in total. The van der Waals surface area contributed by atoms with Crippen molar-refractivity contribution in [1.82, 2.24) is 9.80 Å². The molecule has 1 heterocycles. The first-order chi connectivity index (χ1) is 12.0. The normalized spacial score (nSPS) is 22.3. The first kappa shape index (κ1) is 17.9. The Bertz CT molecular complexity index is 642. The number of ether oxygens (including phenoxy) is 1. The Hall–Kier alpha value is -1.90. The number of morpholine rings is 1. The highest BCUT2D eigenvalue weighted by Gasteiger charge is 2.44. The van der Waals surface area contributed by atoms with Gasteiger partial charge in [0.25, 0.3) is 0 Å². The molecular weight excluding hydrogens is 314 g/mol. The molecule has 1 saturated carbocycles. The van der Waals surface area contributed by atoms with Gasteiger partial charge in [0, 0.05) is 6.54 Å². The minimum atomic E-state index is -0.122. The second kappa shape index (κ2) is 7.55. The molecule has 1 amide bonds. The van der Waals surface area contributed by atoms with Crippen LogP contribution in [0.15, 0.2) is 24.3 Å². The van der Waals surface area contributed by atoms with E-state index in [1.807, 2.05) is 31.1 Å². The molecule has 1 saturated heterocycles. The molecule has 1 aliphatic carbocycles. The van der Waals surface area contributed by atoms with E-state index in [2.05, 4.69) is 11.0 Å². The highest BCUT2D eigenvalue weighted by atomic mass is 16.5. The Morgan fingerprint density at radius 1 is 1.32 bits per heavy atom. The average Bonchev–Trinajstić information content (AvgIpc) is 3.05. The lowest BCUT2D eigenvalue weighted by atomic mass is 9.96. The molecule has 2 fully saturated rings. The molecular formula is C20H27N3O2. The molecule has 25 heavy (non-hydrogen) atoms. The topological polar surface area (TPSA) is 56.6 Å². The van der Waals surface area contributed by atoms with Crippen LogP contribution in [0.5, 0.6) is 0 Å². The summed E-state index contributed by atoms with van der Waals surface area (Å²) < 4.78 is 6.24. The predicted octanol–water partition coefficient (Wildman–Crippen LogP) is 2.20. The van der Waals surface area contributed by atoms with Crippen LogP contribution >= 0.6 is 0 Å². The summed E-state index contributed by atoms with van der Waals surface area (Å²) in [6.45, 7) is 2.15. The van der Waals surface area contributed by atoms with Gasteiger partial charge in [-0.2, -0.15) is 5.26 Å². The van der Waals surface area contributed by atoms with Crippen molar-refractivity contribution in [3.63, 3.8) is 0 Å². The fourth-order valence-electron chi connectivity index (χ4n) is 4.01. The zero-order valence-corrected chi connectivity index (χ0v) is 15.2. The predicted molar refractivity (Wildman–Crippen MR) is 96.1 cm³/mol. The highest BCUT2D eigenvalue weighted by Crippen LogP contribution is 2.37. The molecule has 3 rings (SSSR count). The van der Waals surface area contributed by atoms with Crippen LogP contribution < -0.4 is 0 Å². The van der Waals surface area contributed by atoms with E-state index in [9.17, 15) is 4.79 Å². The lowest BCUT2D eigenvalue weighted by Gasteiger charge is -2.46. The summed E-state index contributed by atoms with van der Waals surface area (Å²) in [5.74, 6) is 0.158. The third-order valence-electron chi connectivity index (χ3n) is 5.33. The Kier molecular flexibility index (Phi) is 5.41. The number of hydrogen-bond donors (Lipinski definition) is 0. The van der Waals surface area contributed by atoms with Crippen LogP contribution in [0.3, 0.4) is 0 Å². The SMILES string of the molecule is CN(C)CC1COC2(CCCC2)CN1C(=O)Cc1ccc(C#N)cc1. The molecule has 2 aliphatic rings. The van der Waals surface area contributed by atoms with Crippen LogP contribution in [0.1, 0.15) is 36.8 Å². The maximum atomic E-state index is 13.0. The summed E-state index contributed by atoms with van der Waals surface area (Å²) in [6, 6.07) is 9.53. The van der Waals surface area contributed by atoms with Crippen molar-refractivity contribution in [3.05, 3.63) is 35.4 Å². The Balaban J connectivity index is 1.73. The Labute approximate surface area is 150 Å². The largest absolute Gasteiger partial charge is 0.371 e. The minimum absolute atomic E-state index is 0.104. The molecule has 1 aromatic carbocycles. The fraction of sp³-hybridized carbons (Fsp3) is 0.600. The molecule has 1 atom stereocenters. The third-order valence-corrected chi connectivity index (χ3v) is 5.33. The highest BCUT2D eigenvalue weighted by molar-refractivity contribution is 5.79. The number of hydrogen-bond acceptors (Lipinski definition) is 4. The number of nitrogens with zero attached hydrogens (tertiary/aromatic N) is 3. The fourth-order valence-corrected chi connectivity index (χ4v) is 4.01. The average molecular weight is 341 g/mol. The summed E-state index contributed by atoms with van der Waals surface area (Å²) in [5, 5.41) is 8.91. The first-order valence-electron chi connectivity index (χ1n) is 9.08. The van der Waals surface area contributed by atoms with Crippen LogP contribution in [0.2, 0.25) is 0 Å². The minimum Gasteiger partial charge on any atom is -0.371 e. The van der Waals surface area contributed by atoms with Gasteiger partial charge in [0.05, 0.1) is 42.8 Å². The van der Waals surface area contributed by atoms with Gasteiger partial charge >= 0.3 is 0 Å². The van der Waals surface area contributed by atoms with Crippen molar-refractivity contribution in [2.45, 2.75) is 43.7 Å². The molecule has 0 radical (unpaired) electrons. The molecule has 1 spiro atoms. The summed E-state index contributed by atoms with van der Waals surface area (Å²) in [6.07, 6.45) is 4.88. The lowest BCUT2D eigenvalue weighted by molar-refractivity contribution is -0.161. The molecule has 5 heteroatoms. The van der Waals surface area contributed by atoms with Crippen molar-refractivity contribution in [3.8, 4) is 6.07 Å². The van der Waals surface area contributed by atoms with Gasteiger partial charge < -0.3 is 14.5 Å². The summed E-state index contributed by atoms with van der Waals surface area (Å²) in [7, 11) is 4.06. The number of rotatable bonds is 4. The lowest BCUT2D eigenvalue weighted by Crippen LogP contribution is -2.60. The van der Waals surface area contributed by atoms with E-state index in [1.54, 1.807) is 12.1 Å². The van der Waals surface area contributed by atoms with Gasteiger partial charge in [-0.1, -0.05) is 25.0 Å². The van der Waals surface area contributed by atoms with Crippen LogP contribution in [-0.4, -0.2) is 61.1 Å². The number of likely N-dealkylation sites (N-methyl/N-ethyl adjacent to an activating group) is 1. The van der Waals surface area contributed by atoms with E-state index in [4.69, 9.17) is 10.00 Å². The van der Waals surface area contributed by atoms with Crippen LogP contribution in [0, 0.1) is 11.3 Å². The van der Waals surface area contributed by atoms with Crippen molar-refractivity contribution in [2.75, 3.05) is 33.8 Å². The molecule has 1 aromatic rings. The van der Waals surface area contributed by atoms with Crippen molar-refractivity contribution in [1.29, 1.82) is 5.26 Å². The maximum absolute atomic E-state index is 13.0. The second-order valence-electron chi connectivity index (χ2n) is 7.62. The van der Waals surface area contributed by atoms with E-state index >= 15 is 0 Å². The quantitative estimate of drug-likeness (QED) is 0.842. The van der Waals surface area contributed by atoms with Gasteiger partial charge in [0.2, 0.25) is 5.91 Å².